The molecule has 0 aliphatic carbocycles. The first kappa shape index (κ1) is 12.7. The quantitative estimate of drug-likeness (QED) is 0.747. The van der Waals surface area contributed by atoms with Gasteiger partial charge < -0.3 is 5.73 Å². The first-order valence-electron chi connectivity index (χ1n) is 6.69. The Labute approximate surface area is 116 Å². The lowest BCUT2D eigenvalue weighted by molar-refractivity contribution is 0.549. The molecule has 7 nitrogen and oxygen atoms in total. The maximum Gasteiger partial charge on any atom is 0.138 e. The van der Waals surface area contributed by atoms with E-state index in [4.69, 9.17) is 5.73 Å². The van der Waals surface area contributed by atoms with Crippen molar-refractivity contribution in [3.8, 4) is 0 Å². The van der Waals surface area contributed by atoms with E-state index in [2.05, 4.69) is 27.1 Å². The van der Waals surface area contributed by atoms with Crippen molar-refractivity contribution >= 4 is 5.52 Å². The maximum atomic E-state index is 6.30. The van der Waals surface area contributed by atoms with Crippen molar-refractivity contribution in [2.75, 3.05) is 0 Å². The summed E-state index contributed by atoms with van der Waals surface area (Å²) in [6.45, 7) is 2.97. The van der Waals surface area contributed by atoms with Crippen molar-refractivity contribution in [3.63, 3.8) is 0 Å². The number of aromatic nitrogens is 6. The van der Waals surface area contributed by atoms with Gasteiger partial charge in [-0.05, 0) is 6.42 Å². The first-order valence-corrected chi connectivity index (χ1v) is 6.69. The fourth-order valence-corrected chi connectivity index (χ4v) is 2.29. The molecule has 3 aromatic rings. The number of hydrogen-bond donors (Lipinski definition) is 1. The zero-order valence-electron chi connectivity index (χ0n) is 11.3. The molecule has 3 rings (SSSR count). The zero-order chi connectivity index (χ0) is 13.9. The molecule has 0 saturated heterocycles. The SMILES string of the molecule is CCCn1ncnc1CC(N)c1cnn2ccncc12. The third-order valence-electron chi connectivity index (χ3n) is 3.29. The maximum absolute atomic E-state index is 6.30. The van der Waals surface area contributed by atoms with E-state index < -0.39 is 0 Å². The molecule has 20 heavy (non-hydrogen) atoms. The van der Waals surface area contributed by atoms with Gasteiger partial charge in [0.05, 0.1) is 17.9 Å². The molecule has 0 aromatic carbocycles. The van der Waals surface area contributed by atoms with Gasteiger partial charge in [-0.2, -0.15) is 10.2 Å². The lowest BCUT2D eigenvalue weighted by Gasteiger charge is -2.10. The van der Waals surface area contributed by atoms with Crippen molar-refractivity contribution in [1.29, 1.82) is 0 Å². The molecule has 1 atom stereocenters. The Morgan fingerprint density at radius 2 is 2.20 bits per heavy atom. The van der Waals surface area contributed by atoms with Crippen molar-refractivity contribution in [2.24, 2.45) is 5.73 Å². The van der Waals surface area contributed by atoms with Crippen LogP contribution in [0.1, 0.15) is 30.8 Å². The number of fused-ring (bicyclic) bond motifs is 1. The summed E-state index contributed by atoms with van der Waals surface area (Å²) in [4.78, 5) is 8.42. The van der Waals surface area contributed by atoms with Crippen LogP contribution in [0.3, 0.4) is 0 Å². The summed E-state index contributed by atoms with van der Waals surface area (Å²) in [6.07, 6.45) is 10.3. The molecule has 3 aromatic heterocycles. The summed E-state index contributed by atoms with van der Waals surface area (Å²) in [5.74, 6) is 0.905. The molecule has 1 unspecified atom stereocenters. The molecular weight excluding hydrogens is 254 g/mol. The van der Waals surface area contributed by atoms with Crippen LogP contribution in [0.15, 0.2) is 31.1 Å². The van der Waals surface area contributed by atoms with Crippen LogP contribution >= 0.6 is 0 Å². The summed E-state index contributed by atoms with van der Waals surface area (Å²) in [5, 5.41) is 8.50. The van der Waals surface area contributed by atoms with E-state index in [-0.39, 0.29) is 6.04 Å². The van der Waals surface area contributed by atoms with E-state index in [0.717, 1.165) is 29.9 Å². The molecule has 0 amide bonds. The van der Waals surface area contributed by atoms with Crippen molar-refractivity contribution in [1.82, 2.24) is 29.4 Å². The average Bonchev–Trinajstić information content (AvgIpc) is 3.06. The summed E-state index contributed by atoms with van der Waals surface area (Å²) in [7, 11) is 0. The van der Waals surface area contributed by atoms with Crippen molar-refractivity contribution in [3.05, 3.63) is 42.5 Å². The van der Waals surface area contributed by atoms with Crippen LogP contribution in [0.2, 0.25) is 0 Å². The van der Waals surface area contributed by atoms with E-state index >= 15 is 0 Å². The molecule has 7 heteroatoms. The Bertz CT molecular complexity index is 699. The highest BCUT2D eigenvalue weighted by atomic mass is 15.3. The minimum absolute atomic E-state index is 0.170. The summed E-state index contributed by atoms with van der Waals surface area (Å²) >= 11 is 0. The molecule has 2 N–H and O–H groups in total. The van der Waals surface area contributed by atoms with Gasteiger partial charge in [-0.1, -0.05) is 6.92 Å². The van der Waals surface area contributed by atoms with Crippen LogP contribution in [-0.4, -0.2) is 29.4 Å². The van der Waals surface area contributed by atoms with Gasteiger partial charge in [-0.25, -0.2) is 9.50 Å². The van der Waals surface area contributed by atoms with Gasteiger partial charge >= 0.3 is 0 Å². The Morgan fingerprint density at radius 3 is 3.05 bits per heavy atom. The van der Waals surface area contributed by atoms with Gasteiger partial charge in [0.25, 0.3) is 0 Å². The van der Waals surface area contributed by atoms with E-state index in [0.29, 0.717) is 6.42 Å². The largest absolute Gasteiger partial charge is 0.323 e. The van der Waals surface area contributed by atoms with Gasteiger partial charge in [0.1, 0.15) is 12.2 Å². The van der Waals surface area contributed by atoms with Crippen LogP contribution in [0.25, 0.3) is 5.52 Å². The average molecular weight is 271 g/mol. The molecule has 0 saturated carbocycles. The van der Waals surface area contributed by atoms with E-state index in [9.17, 15) is 0 Å². The molecule has 104 valence electrons. The van der Waals surface area contributed by atoms with Crippen molar-refractivity contribution in [2.45, 2.75) is 32.4 Å². The van der Waals surface area contributed by atoms with Crippen LogP contribution in [-0.2, 0) is 13.0 Å². The minimum atomic E-state index is -0.170. The predicted molar refractivity (Wildman–Crippen MR) is 73.9 cm³/mol. The van der Waals surface area contributed by atoms with E-state index in [1.54, 1.807) is 29.4 Å². The third-order valence-corrected chi connectivity index (χ3v) is 3.29. The van der Waals surface area contributed by atoms with Gasteiger partial charge in [-0.3, -0.25) is 9.67 Å². The Hall–Kier alpha value is -2.28. The summed E-state index contributed by atoms with van der Waals surface area (Å²) < 4.78 is 3.68. The summed E-state index contributed by atoms with van der Waals surface area (Å²) in [6, 6.07) is -0.170. The van der Waals surface area contributed by atoms with Crippen LogP contribution < -0.4 is 5.73 Å². The number of nitrogens with two attached hydrogens (primary N) is 1. The highest BCUT2D eigenvalue weighted by Crippen LogP contribution is 2.19. The van der Waals surface area contributed by atoms with Crippen LogP contribution in [0.4, 0.5) is 0 Å². The molecule has 0 fully saturated rings. The number of aryl methyl sites for hydroxylation is 1. The fraction of sp³-hybridized carbons (Fsp3) is 0.385. The van der Waals surface area contributed by atoms with Crippen molar-refractivity contribution < 1.29 is 0 Å². The second-order valence-corrected chi connectivity index (χ2v) is 4.72. The van der Waals surface area contributed by atoms with Gasteiger partial charge in [0.15, 0.2) is 0 Å². The standard InChI is InChI=1S/C13H17N7/c1-2-4-20-13(16-9-18-20)6-11(14)10-7-17-19-5-3-15-8-12(10)19/h3,5,7-9,11H,2,4,6,14H2,1H3. The second-order valence-electron chi connectivity index (χ2n) is 4.72. The van der Waals surface area contributed by atoms with Gasteiger partial charge in [0, 0.05) is 37.0 Å². The number of hydrogen-bond acceptors (Lipinski definition) is 5. The van der Waals surface area contributed by atoms with Crippen LogP contribution in [0, 0.1) is 0 Å². The Balaban J connectivity index is 1.85. The number of rotatable bonds is 5. The topological polar surface area (TPSA) is 86.9 Å². The Morgan fingerprint density at radius 1 is 1.30 bits per heavy atom. The third kappa shape index (κ3) is 2.27. The minimum Gasteiger partial charge on any atom is -0.323 e. The van der Waals surface area contributed by atoms with Gasteiger partial charge in [-0.15, -0.1) is 0 Å². The summed E-state index contributed by atoms with van der Waals surface area (Å²) in [5.41, 5.74) is 8.21. The first-order chi connectivity index (χ1) is 9.79. The van der Waals surface area contributed by atoms with E-state index in [1.165, 1.54) is 0 Å². The zero-order valence-corrected chi connectivity index (χ0v) is 11.3. The molecule has 0 bridgehead atoms. The molecule has 0 radical (unpaired) electrons. The van der Waals surface area contributed by atoms with Crippen LogP contribution in [0.5, 0.6) is 0 Å². The molecule has 0 aliphatic rings. The molecule has 0 aliphatic heterocycles. The second kappa shape index (κ2) is 5.38. The monoisotopic (exact) mass is 271 g/mol. The number of nitrogens with zero attached hydrogens (tertiary/aromatic N) is 6. The van der Waals surface area contributed by atoms with E-state index in [1.807, 2.05) is 10.9 Å². The Kier molecular flexibility index (Phi) is 3.42. The normalized spacial score (nSPS) is 12.9. The van der Waals surface area contributed by atoms with Gasteiger partial charge in [0.2, 0.25) is 0 Å². The highest BCUT2D eigenvalue weighted by molar-refractivity contribution is 5.53. The lowest BCUT2D eigenvalue weighted by Crippen LogP contribution is -2.17. The molecule has 0 spiro atoms. The fourth-order valence-electron chi connectivity index (χ4n) is 2.29. The highest BCUT2D eigenvalue weighted by Gasteiger charge is 2.16. The lowest BCUT2D eigenvalue weighted by atomic mass is 10.1. The molecular formula is C13H17N7. The smallest absolute Gasteiger partial charge is 0.138 e. The predicted octanol–water partition coefficient (Wildman–Crippen LogP) is 0.973. The molecule has 3 heterocycles.